The van der Waals surface area contributed by atoms with Gasteiger partial charge in [-0.2, -0.15) is 0 Å². The third kappa shape index (κ3) is 8.97. The zero-order valence-electron chi connectivity index (χ0n) is 13.1. The lowest BCUT2D eigenvalue weighted by molar-refractivity contribution is -0.143. The summed E-state index contributed by atoms with van der Waals surface area (Å²) >= 11 is 0. The molecular weight excluding hydrogens is 244 g/mol. The maximum Gasteiger partial charge on any atom is 0.322 e. The molecule has 0 saturated heterocycles. The molecule has 1 atom stereocenters. The Kier molecular flexibility index (Phi) is 10.8. The lowest BCUT2D eigenvalue weighted by atomic mass is 10.1. The lowest BCUT2D eigenvalue weighted by Gasteiger charge is -2.24. The molecule has 0 aliphatic heterocycles. The molecule has 5 heteroatoms. The molecule has 0 aliphatic rings. The van der Waals surface area contributed by atoms with Gasteiger partial charge < -0.3 is 19.7 Å². The van der Waals surface area contributed by atoms with Gasteiger partial charge in [-0.05, 0) is 19.9 Å². The first-order valence-electron chi connectivity index (χ1n) is 7.19. The van der Waals surface area contributed by atoms with E-state index >= 15 is 0 Å². The second-order valence-corrected chi connectivity index (χ2v) is 4.82. The van der Waals surface area contributed by atoms with Crippen molar-refractivity contribution < 1.29 is 14.3 Å². The van der Waals surface area contributed by atoms with E-state index < -0.39 is 0 Å². The van der Waals surface area contributed by atoms with Gasteiger partial charge in [0.25, 0.3) is 0 Å². The maximum atomic E-state index is 11.7. The number of ether oxygens (including phenoxy) is 2. The highest BCUT2D eigenvalue weighted by molar-refractivity contribution is 5.75. The molecule has 0 heterocycles. The molecule has 114 valence electrons. The fourth-order valence-corrected chi connectivity index (χ4v) is 1.89. The van der Waals surface area contributed by atoms with E-state index in [1.165, 1.54) is 7.11 Å². The summed E-state index contributed by atoms with van der Waals surface area (Å²) in [6.07, 6.45) is 0.755. The molecule has 0 aromatic heterocycles. The summed E-state index contributed by atoms with van der Waals surface area (Å²) in [7, 11) is 1.43. The number of carbonyl (C=O) groups excluding carboxylic acids is 1. The Balaban J connectivity index is 4.14. The Hall–Kier alpha value is -0.650. The molecule has 0 bridgehead atoms. The predicted octanol–water partition coefficient (Wildman–Crippen LogP) is 1.27. The molecule has 5 nitrogen and oxygen atoms in total. The van der Waals surface area contributed by atoms with E-state index in [0.29, 0.717) is 0 Å². The molecule has 0 spiro atoms. The molecule has 0 aliphatic carbocycles. The van der Waals surface area contributed by atoms with E-state index in [4.69, 9.17) is 9.47 Å². The highest BCUT2D eigenvalue weighted by Crippen LogP contribution is 2.01. The van der Waals surface area contributed by atoms with E-state index in [1.807, 2.05) is 20.8 Å². The van der Waals surface area contributed by atoms with Crippen molar-refractivity contribution >= 4 is 5.97 Å². The van der Waals surface area contributed by atoms with Gasteiger partial charge >= 0.3 is 5.97 Å². The maximum absolute atomic E-state index is 11.7. The van der Waals surface area contributed by atoms with Gasteiger partial charge in [-0.15, -0.1) is 0 Å². The second kappa shape index (κ2) is 11.2. The molecule has 19 heavy (non-hydrogen) atoms. The van der Waals surface area contributed by atoms with Crippen molar-refractivity contribution in [2.45, 2.75) is 46.2 Å². The lowest BCUT2D eigenvalue weighted by Crippen LogP contribution is -2.44. The van der Waals surface area contributed by atoms with Crippen LogP contribution in [0.2, 0.25) is 0 Å². The Morgan fingerprint density at radius 1 is 1.26 bits per heavy atom. The fourth-order valence-electron chi connectivity index (χ4n) is 1.89. The summed E-state index contributed by atoms with van der Waals surface area (Å²) in [4.78, 5) is 14.0. The Morgan fingerprint density at radius 2 is 1.95 bits per heavy atom. The number of nitrogens with one attached hydrogen (secondary N) is 1. The van der Waals surface area contributed by atoms with E-state index in [1.54, 1.807) is 0 Å². The number of likely N-dealkylation sites (N-methyl/N-ethyl adjacent to an activating group) is 1. The van der Waals surface area contributed by atoms with Gasteiger partial charge in [0.05, 0.1) is 13.7 Å². The number of methoxy groups -OCH3 is 1. The number of hydrogen-bond acceptors (Lipinski definition) is 5. The summed E-state index contributed by atoms with van der Waals surface area (Å²) < 4.78 is 10.2. The smallest absolute Gasteiger partial charge is 0.322 e. The first kappa shape index (κ1) is 18.4. The zero-order chi connectivity index (χ0) is 14.7. The van der Waals surface area contributed by atoms with Crippen LogP contribution >= 0.6 is 0 Å². The van der Waals surface area contributed by atoms with Gasteiger partial charge in [-0.25, -0.2) is 0 Å². The van der Waals surface area contributed by atoms with Gasteiger partial charge in [0, 0.05) is 25.7 Å². The fraction of sp³-hybridized carbons (Fsp3) is 0.929. The van der Waals surface area contributed by atoms with Crippen molar-refractivity contribution in [3.63, 3.8) is 0 Å². The topological polar surface area (TPSA) is 50.8 Å². The van der Waals surface area contributed by atoms with Crippen molar-refractivity contribution in [3.8, 4) is 0 Å². The Morgan fingerprint density at radius 3 is 2.42 bits per heavy atom. The number of esters is 1. The molecule has 0 fully saturated rings. The van der Waals surface area contributed by atoms with Crippen LogP contribution in [-0.2, 0) is 14.3 Å². The van der Waals surface area contributed by atoms with Crippen molar-refractivity contribution in [1.29, 1.82) is 0 Å². The highest BCUT2D eigenvalue weighted by Gasteiger charge is 2.20. The highest BCUT2D eigenvalue weighted by atomic mass is 16.5. The average Bonchev–Trinajstić information content (AvgIpc) is 2.39. The van der Waals surface area contributed by atoms with Gasteiger partial charge in [0.2, 0.25) is 0 Å². The SMILES string of the molecule is CCOCCN(CC)CCC(NC(C)C)C(=O)OC. The number of nitrogens with zero attached hydrogens (tertiary/aromatic N) is 1. The molecule has 1 unspecified atom stereocenters. The van der Waals surface area contributed by atoms with E-state index in [9.17, 15) is 4.79 Å². The summed E-state index contributed by atoms with van der Waals surface area (Å²) in [6, 6.07) is 0.0359. The Bertz CT molecular complexity index is 235. The van der Waals surface area contributed by atoms with Crippen molar-refractivity contribution in [3.05, 3.63) is 0 Å². The molecule has 0 radical (unpaired) electrons. The van der Waals surface area contributed by atoms with Crippen LogP contribution in [0, 0.1) is 0 Å². The van der Waals surface area contributed by atoms with E-state index in [-0.39, 0.29) is 18.1 Å². The normalized spacial score (nSPS) is 13.0. The van der Waals surface area contributed by atoms with Crippen molar-refractivity contribution in [2.75, 3.05) is 40.0 Å². The van der Waals surface area contributed by atoms with Gasteiger partial charge in [-0.3, -0.25) is 4.79 Å². The monoisotopic (exact) mass is 274 g/mol. The quantitative estimate of drug-likeness (QED) is 0.454. The number of hydrogen-bond donors (Lipinski definition) is 1. The van der Waals surface area contributed by atoms with Crippen LogP contribution in [-0.4, -0.2) is 62.9 Å². The summed E-state index contributed by atoms with van der Waals surface area (Å²) in [5.74, 6) is -0.186. The van der Waals surface area contributed by atoms with Crippen LogP contribution in [0.4, 0.5) is 0 Å². The molecule has 0 saturated carbocycles. The molecule has 0 aromatic rings. The van der Waals surface area contributed by atoms with Gasteiger partial charge in [0.1, 0.15) is 6.04 Å². The van der Waals surface area contributed by atoms with E-state index in [0.717, 1.165) is 39.3 Å². The van der Waals surface area contributed by atoms with Crippen LogP contribution < -0.4 is 5.32 Å². The molecule has 0 rings (SSSR count). The second-order valence-electron chi connectivity index (χ2n) is 4.82. The zero-order valence-corrected chi connectivity index (χ0v) is 13.1. The van der Waals surface area contributed by atoms with E-state index in [2.05, 4.69) is 17.1 Å². The summed E-state index contributed by atoms with van der Waals surface area (Å²) in [5, 5.41) is 3.24. The van der Waals surface area contributed by atoms with Crippen LogP contribution in [0.1, 0.15) is 34.1 Å². The Labute approximate surface area is 117 Å². The molecule has 0 aromatic carbocycles. The predicted molar refractivity (Wildman–Crippen MR) is 77.3 cm³/mol. The van der Waals surface area contributed by atoms with Crippen LogP contribution in [0.5, 0.6) is 0 Å². The molecular formula is C14H30N2O3. The van der Waals surface area contributed by atoms with Gasteiger partial charge in [0.15, 0.2) is 0 Å². The number of rotatable bonds is 11. The van der Waals surface area contributed by atoms with Gasteiger partial charge in [-0.1, -0.05) is 20.8 Å². The first-order chi connectivity index (χ1) is 9.04. The largest absolute Gasteiger partial charge is 0.468 e. The standard InChI is InChI=1S/C14H30N2O3/c1-6-16(10-11-19-7-2)9-8-13(14(17)18-5)15-12(3)4/h12-13,15H,6-11H2,1-5H3. The summed E-state index contributed by atoms with van der Waals surface area (Å²) in [6.45, 7) is 12.4. The van der Waals surface area contributed by atoms with Crippen LogP contribution in [0.25, 0.3) is 0 Å². The average molecular weight is 274 g/mol. The van der Waals surface area contributed by atoms with Crippen LogP contribution in [0.15, 0.2) is 0 Å². The van der Waals surface area contributed by atoms with Crippen molar-refractivity contribution in [1.82, 2.24) is 10.2 Å². The summed E-state index contributed by atoms with van der Waals surface area (Å²) in [5.41, 5.74) is 0. The number of carbonyl (C=O) groups is 1. The van der Waals surface area contributed by atoms with Crippen molar-refractivity contribution in [2.24, 2.45) is 0 Å². The minimum Gasteiger partial charge on any atom is -0.468 e. The third-order valence-electron chi connectivity index (χ3n) is 2.96. The van der Waals surface area contributed by atoms with Crippen LogP contribution in [0.3, 0.4) is 0 Å². The first-order valence-corrected chi connectivity index (χ1v) is 7.19. The minimum atomic E-state index is -0.230. The molecule has 1 N–H and O–H groups in total. The minimum absolute atomic E-state index is 0.186. The third-order valence-corrected chi connectivity index (χ3v) is 2.96. The molecule has 0 amide bonds.